The standard InChI is InChI=1S/C23H25N3O2/c1-17(22(27)25-23(28)24-15-18-8-4-3-5-9-18)26(2)16-19-12-13-20-10-6-7-11-21(20)14-19/h3-14,17H,15-16H2,1-2H3,(H2,24,25,27,28). The molecule has 0 fully saturated rings. The molecule has 5 nitrogen and oxygen atoms in total. The van der Waals surface area contributed by atoms with Crippen LogP contribution in [0.2, 0.25) is 0 Å². The normalized spacial score (nSPS) is 12.0. The largest absolute Gasteiger partial charge is 0.334 e. The van der Waals surface area contributed by atoms with Gasteiger partial charge in [-0.05, 0) is 41.9 Å². The number of amides is 3. The van der Waals surface area contributed by atoms with Gasteiger partial charge in [0.05, 0.1) is 6.04 Å². The van der Waals surface area contributed by atoms with Crippen molar-refractivity contribution >= 4 is 22.7 Å². The van der Waals surface area contributed by atoms with Gasteiger partial charge in [0.1, 0.15) is 0 Å². The fraction of sp³-hybridized carbons (Fsp3) is 0.217. The van der Waals surface area contributed by atoms with Gasteiger partial charge in [0.15, 0.2) is 0 Å². The van der Waals surface area contributed by atoms with Gasteiger partial charge in [-0.25, -0.2) is 4.79 Å². The van der Waals surface area contributed by atoms with Gasteiger partial charge in [-0.15, -0.1) is 0 Å². The molecule has 5 heteroatoms. The van der Waals surface area contributed by atoms with Crippen LogP contribution in [0.15, 0.2) is 72.8 Å². The van der Waals surface area contributed by atoms with Gasteiger partial charge in [-0.1, -0.05) is 66.7 Å². The van der Waals surface area contributed by atoms with Crippen LogP contribution in [0.4, 0.5) is 4.79 Å². The number of hydrogen-bond donors (Lipinski definition) is 2. The van der Waals surface area contributed by atoms with Crippen LogP contribution >= 0.6 is 0 Å². The Morgan fingerprint density at radius 2 is 1.57 bits per heavy atom. The van der Waals surface area contributed by atoms with Crippen LogP contribution in [-0.4, -0.2) is 29.9 Å². The zero-order valence-corrected chi connectivity index (χ0v) is 16.2. The van der Waals surface area contributed by atoms with Gasteiger partial charge in [-0.2, -0.15) is 0 Å². The summed E-state index contributed by atoms with van der Waals surface area (Å²) in [4.78, 5) is 26.3. The molecular formula is C23H25N3O2. The van der Waals surface area contributed by atoms with E-state index in [1.165, 1.54) is 10.8 Å². The third-order valence-electron chi connectivity index (χ3n) is 4.82. The lowest BCUT2D eigenvalue weighted by Gasteiger charge is -2.23. The minimum Gasteiger partial charge on any atom is -0.334 e. The third-order valence-corrected chi connectivity index (χ3v) is 4.82. The Kier molecular flexibility index (Phi) is 6.40. The molecule has 0 saturated carbocycles. The topological polar surface area (TPSA) is 61.4 Å². The monoisotopic (exact) mass is 375 g/mol. The average molecular weight is 375 g/mol. The molecule has 1 atom stereocenters. The maximum atomic E-state index is 12.4. The Morgan fingerprint density at radius 3 is 2.32 bits per heavy atom. The number of imide groups is 1. The minimum absolute atomic E-state index is 0.325. The van der Waals surface area contributed by atoms with E-state index >= 15 is 0 Å². The van der Waals surface area contributed by atoms with E-state index < -0.39 is 12.1 Å². The van der Waals surface area contributed by atoms with Crippen molar-refractivity contribution in [3.05, 3.63) is 83.9 Å². The Balaban J connectivity index is 1.52. The van der Waals surface area contributed by atoms with E-state index in [2.05, 4.69) is 41.0 Å². The second-order valence-corrected chi connectivity index (χ2v) is 6.93. The number of rotatable bonds is 6. The van der Waals surface area contributed by atoms with Crippen molar-refractivity contribution in [1.82, 2.24) is 15.5 Å². The van der Waals surface area contributed by atoms with Crippen LogP contribution in [-0.2, 0) is 17.9 Å². The molecule has 0 spiro atoms. The summed E-state index contributed by atoms with van der Waals surface area (Å²) in [5.41, 5.74) is 2.10. The third kappa shape index (κ3) is 5.18. The van der Waals surface area contributed by atoms with E-state index in [-0.39, 0.29) is 5.91 Å². The second kappa shape index (κ2) is 9.15. The summed E-state index contributed by atoms with van der Waals surface area (Å²) >= 11 is 0. The van der Waals surface area contributed by atoms with Gasteiger partial charge >= 0.3 is 6.03 Å². The SMILES string of the molecule is CC(C(=O)NC(=O)NCc1ccccc1)N(C)Cc1ccc2ccccc2c1. The molecule has 0 saturated heterocycles. The van der Waals surface area contributed by atoms with Crippen LogP contribution in [0, 0.1) is 0 Å². The molecular weight excluding hydrogens is 350 g/mol. The van der Waals surface area contributed by atoms with Crippen LogP contribution < -0.4 is 10.6 Å². The second-order valence-electron chi connectivity index (χ2n) is 6.93. The molecule has 0 bridgehead atoms. The summed E-state index contributed by atoms with van der Waals surface area (Å²) < 4.78 is 0. The van der Waals surface area contributed by atoms with Gasteiger partial charge in [0, 0.05) is 13.1 Å². The molecule has 0 radical (unpaired) electrons. The molecule has 144 valence electrons. The van der Waals surface area contributed by atoms with E-state index in [9.17, 15) is 9.59 Å². The number of nitrogens with one attached hydrogen (secondary N) is 2. The Labute approximate surface area is 165 Å². The summed E-state index contributed by atoms with van der Waals surface area (Å²) in [6.45, 7) is 2.78. The summed E-state index contributed by atoms with van der Waals surface area (Å²) in [6, 6.07) is 23.1. The highest BCUT2D eigenvalue weighted by molar-refractivity contribution is 5.96. The zero-order chi connectivity index (χ0) is 19.9. The van der Waals surface area contributed by atoms with Crippen molar-refractivity contribution in [2.75, 3.05) is 7.05 Å². The molecule has 3 rings (SSSR count). The van der Waals surface area contributed by atoms with Crippen molar-refractivity contribution in [2.24, 2.45) is 0 Å². The van der Waals surface area contributed by atoms with E-state index in [1.807, 2.05) is 54.4 Å². The highest BCUT2D eigenvalue weighted by Crippen LogP contribution is 2.17. The minimum atomic E-state index is -0.486. The number of hydrogen-bond acceptors (Lipinski definition) is 3. The highest BCUT2D eigenvalue weighted by atomic mass is 16.2. The summed E-state index contributed by atoms with van der Waals surface area (Å²) in [5.74, 6) is -0.325. The van der Waals surface area contributed by atoms with Crippen LogP contribution in [0.1, 0.15) is 18.1 Å². The van der Waals surface area contributed by atoms with Crippen LogP contribution in [0.5, 0.6) is 0 Å². The summed E-state index contributed by atoms with van der Waals surface area (Å²) in [5, 5.41) is 7.48. The van der Waals surface area contributed by atoms with Crippen molar-refractivity contribution in [1.29, 1.82) is 0 Å². The van der Waals surface area contributed by atoms with Gasteiger partial charge in [0.25, 0.3) is 0 Å². The summed E-state index contributed by atoms with van der Waals surface area (Å²) in [7, 11) is 1.88. The number of carbonyl (C=O) groups excluding carboxylic acids is 2. The Bertz CT molecular complexity index is 956. The lowest BCUT2D eigenvalue weighted by molar-refractivity contribution is -0.124. The first-order valence-electron chi connectivity index (χ1n) is 9.33. The fourth-order valence-corrected chi connectivity index (χ4v) is 3.00. The van der Waals surface area contributed by atoms with E-state index in [4.69, 9.17) is 0 Å². The molecule has 3 aromatic rings. The first-order valence-corrected chi connectivity index (χ1v) is 9.33. The number of carbonyl (C=O) groups is 2. The predicted molar refractivity (Wildman–Crippen MR) is 112 cm³/mol. The predicted octanol–water partition coefficient (Wildman–Crippen LogP) is 3.69. The van der Waals surface area contributed by atoms with Crippen molar-refractivity contribution in [2.45, 2.75) is 26.1 Å². The number of likely N-dealkylation sites (N-methyl/N-ethyl adjacent to an activating group) is 1. The Hall–Kier alpha value is -3.18. The van der Waals surface area contributed by atoms with Crippen LogP contribution in [0.3, 0.4) is 0 Å². The number of benzene rings is 3. The average Bonchev–Trinajstić information content (AvgIpc) is 2.72. The lowest BCUT2D eigenvalue weighted by atomic mass is 10.1. The first-order chi connectivity index (χ1) is 13.5. The molecule has 1 unspecified atom stereocenters. The molecule has 0 aliphatic heterocycles. The van der Waals surface area contributed by atoms with Crippen molar-refractivity contribution in [3.8, 4) is 0 Å². The molecule has 2 N–H and O–H groups in total. The van der Waals surface area contributed by atoms with E-state index in [0.717, 1.165) is 11.1 Å². The number of urea groups is 1. The smallest absolute Gasteiger partial charge is 0.321 e. The van der Waals surface area contributed by atoms with E-state index in [0.29, 0.717) is 13.1 Å². The zero-order valence-electron chi connectivity index (χ0n) is 16.2. The molecule has 0 aliphatic rings. The molecule has 3 aromatic carbocycles. The molecule has 0 heterocycles. The van der Waals surface area contributed by atoms with Crippen molar-refractivity contribution in [3.63, 3.8) is 0 Å². The molecule has 3 amide bonds. The lowest BCUT2D eigenvalue weighted by Crippen LogP contribution is -2.48. The Morgan fingerprint density at radius 1 is 0.893 bits per heavy atom. The van der Waals surface area contributed by atoms with Gasteiger partial charge in [0.2, 0.25) is 5.91 Å². The number of fused-ring (bicyclic) bond motifs is 1. The fourth-order valence-electron chi connectivity index (χ4n) is 3.00. The molecule has 0 aliphatic carbocycles. The quantitative estimate of drug-likeness (QED) is 0.691. The molecule has 28 heavy (non-hydrogen) atoms. The van der Waals surface area contributed by atoms with Crippen LogP contribution in [0.25, 0.3) is 10.8 Å². The maximum absolute atomic E-state index is 12.4. The highest BCUT2D eigenvalue weighted by Gasteiger charge is 2.20. The van der Waals surface area contributed by atoms with Gasteiger partial charge in [-0.3, -0.25) is 15.0 Å². The number of nitrogens with zero attached hydrogens (tertiary/aromatic N) is 1. The first kappa shape index (κ1) is 19.6. The van der Waals surface area contributed by atoms with E-state index in [1.54, 1.807) is 6.92 Å². The van der Waals surface area contributed by atoms with Crippen molar-refractivity contribution < 1.29 is 9.59 Å². The summed E-state index contributed by atoms with van der Waals surface area (Å²) in [6.07, 6.45) is 0. The maximum Gasteiger partial charge on any atom is 0.321 e. The van der Waals surface area contributed by atoms with Gasteiger partial charge < -0.3 is 5.32 Å². The molecule has 0 aromatic heterocycles.